The monoisotopic (exact) mass is 472 g/mol. The molecular formula is C23H22F2N4OS2. The van der Waals surface area contributed by atoms with Crippen LogP contribution in [0.5, 0.6) is 0 Å². The molecule has 1 aliphatic carbocycles. The lowest BCUT2D eigenvalue weighted by atomic mass is 9.93. The normalized spacial score (nSPS) is 16.9. The van der Waals surface area contributed by atoms with Crippen LogP contribution in [0.25, 0.3) is 10.2 Å². The van der Waals surface area contributed by atoms with E-state index >= 15 is 0 Å². The number of thiazole rings is 1. The summed E-state index contributed by atoms with van der Waals surface area (Å²) in [5, 5.41) is 7.14. The summed E-state index contributed by atoms with van der Waals surface area (Å²) >= 11 is 3.15. The van der Waals surface area contributed by atoms with Gasteiger partial charge in [0.05, 0.1) is 28.5 Å². The first-order valence-electron chi connectivity index (χ1n) is 10.5. The number of hydrogen-bond donors (Lipinski definition) is 1. The van der Waals surface area contributed by atoms with E-state index in [2.05, 4.69) is 15.3 Å². The summed E-state index contributed by atoms with van der Waals surface area (Å²) in [4.78, 5) is 24.4. The Morgan fingerprint density at radius 2 is 2.16 bits per heavy atom. The Kier molecular flexibility index (Phi) is 5.65. The minimum atomic E-state index is -0.835. The highest BCUT2D eigenvalue weighted by Crippen LogP contribution is 2.34. The van der Waals surface area contributed by atoms with Crippen molar-refractivity contribution in [2.75, 3.05) is 0 Å². The predicted octanol–water partition coefficient (Wildman–Crippen LogP) is 4.76. The van der Waals surface area contributed by atoms with Crippen LogP contribution in [-0.2, 0) is 19.4 Å². The third-order valence-electron chi connectivity index (χ3n) is 6.06. The van der Waals surface area contributed by atoms with Crippen LogP contribution in [0, 0.1) is 18.6 Å². The summed E-state index contributed by atoms with van der Waals surface area (Å²) in [7, 11) is 0. The van der Waals surface area contributed by atoms with Crippen molar-refractivity contribution >= 4 is 32.9 Å². The summed E-state index contributed by atoms with van der Waals surface area (Å²) in [5.41, 5.74) is 2.67. The van der Waals surface area contributed by atoms with Gasteiger partial charge in [-0.25, -0.2) is 18.7 Å². The summed E-state index contributed by atoms with van der Waals surface area (Å²) in [6.45, 7) is 4.40. The zero-order valence-corrected chi connectivity index (χ0v) is 19.3. The Morgan fingerprint density at radius 3 is 2.91 bits per heavy atom. The highest BCUT2D eigenvalue weighted by molar-refractivity contribution is 7.18. The average molecular weight is 473 g/mol. The molecule has 166 valence electrons. The fourth-order valence-corrected chi connectivity index (χ4v) is 6.21. The zero-order chi connectivity index (χ0) is 22.4. The van der Waals surface area contributed by atoms with Crippen molar-refractivity contribution < 1.29 is 8.78 Å². The van der Waals surface area contributed by atoms with Gasteiger partial charge in [-0.15, -0.1) is 22.7 Å². The lowest BCUT2D eigenvalue weighted by Gasteiger charge is -2.23. The molecule has 1 N–H and O–H groups in total. The molecule has 0 aliphatic heterocycles. The zero-order valence-electron chi connectivity index (χ0n) is 17.7. The molecule has 3 aromatic heterocycles. The van der Waals surface area contributed by atoms with Gasteiger partial charge in [-0.1, -0.05) is 6.07 Å². The Balaban J connectivity index is 1.37. The molecule has 0 radical (unpaired) electrons. The first kappa shape index (κ1) is 21.4. The van der Waals surface area contributed by atoms with Gasteiger partial charge in [0.15, 0.2) is 11.6 Å². The van der Waals surface area contributed by atoms with Crippen LogP contribution in [0.3, 0.4) is 0 Å². The molecule has 1 aliphatic rings. The van der Waals surface area contributed by atoms with Crippen LogP contribution in [0.15, 0.2) is 34.7 Å². The molecule has 1 aromatic carbocycles. The molecule has 0 fully saturated rings. The molecule has 4 aromatic rings. The van der Waals surface area contributed by atoms with Gasteiger partial charge in [0, 0.05) is 22.8 Å². The van der Waals surface area contributed by atoms with Gasteiger partial charge in [0.1, 0.15) is 4.83 Å². The smallest absolute Gasteiger partial charge is 0.262 e. The molecule has 9 heteroatoms. The van der Waals surface area contributed by atoms with Gasteiger partial charge in [0.2, 0.25) is 0 Å². The van der Waals surface area contributed by atoms with E-state index in [-0.39, 0.29) is 17.6 Å². The number of nitrogens with one attached hydrogen (secondary N) is 1. The van der Waals surface area contributed by atoms with Gasteiger partial charge in [-0.05, 0) is 56.4 Å². The molecule has 32 heavy (non-hydrogen) atoms. The quantitative estimate of drug-likeness (QED) is 0.455. The van der Waals surface area contributed by atoms with E-state index < -0.39 is 11.6 Å². The minimum absolute atomic E-state index is 0.0150. The Morgan fingerprint density at radius 1 is 1.31 bits per heavy atom. The maximum absolute atomic E-state index is 13.5. The number of benzene rings is 1. The summed E-state index contributed by atoms with van der Waals surface area (Å²) in [6.07, 6.45) is 4.08. The number of aromatic nitrogens is 3. The maximum atomic E-state index is 13.5. The van der Waals surface area contributed by atoms with Gasteiger partial charge >= 0.3 is 0 Å². The van der Waals surface area contributed by atoms with E-state index in [0.717, 1.165) is 51.8 Å². The molecule has 5 nitrogen and oxygen atoms in total. The summed E-state index contributed by atoms with van der Waals surface area (Å²) in [6, 6.07) is 4.02. The van der Waals surface area contributed by atoms with Crippen molar-refractivity contribution in [1.82, 2.24) is 19.9 Å². The molecule has 0 spiro atoms. The second-order valence-corrected chi connectivity index (χ2v) is 10.3. The van der Waals surface area contributed by atoms with Crippen LogP contribution in [0.1, 0.15) is 46.1 Å². The Hall–Kier alpha value is -2.49. The fourth-order valence-electron chi connectivity index (χ4n) is 4.26. The van der Waals surface area contributed by atoms with Gasteiger partial charge < -0.3 is 5.32 Å². The predicted molar refractivity (Wildman–Crippen MR) is 124 cm³/mol. The Labute approximate surface area is 191 Å². The van der Waals surface area contributed by atoms with Crippen LogP contribution >= 0.6 is 22.7 Å². The van der Waals surface area contributed by atoms with E-state index in [9.17, 15) is 13.6 Å². The van der Waals surface area contributed by atoms with Crippen LogP contribution in [0.2, 0.25) is 0 Å². The van der Waals surface area contributed by atoms with Crippen LogP contribution < -0.4 is 10.9 Å². The lowest BCUT2D eigenvalue weighted by Crippen LogP contribution is -2.34. The second kappa shape index (κ2) is 8.46. The lowest BCUT2D eigenvalue weighted by molar-refractivity contribution is 0.459. The average Bonchev–Trinajstić information content (AvgIpc) is 3.37. The van der Waals surface area contributed by atoms with Gasteiger partial charge in [0.25, 0.3) is 5.56 Å². The molecule has 3 heterocycles. The van der Waals surface area contributed by atoms with Crippen molar-refractivity contribution in [3.8, 4) is 0 Å². The van der Waals surface area contributed by atoms with E-state index in [1.54, 1.807) is 39.6 Å². The van der Waals surface area contributed by atoms with Crippen molar-refractivity contribution in [3.63, 3.8) is 0 Å². The van der Waals surface area contributed by atoms with Gasteiger partial charge in [-0.2, -0.15) is 0 Å². The Bertz CT molecular complexity index is 1360. The third-order valence-corrected chi connectivity index (χ3v) is 8.01. The third kappa shape index (κ3) is 3.89. The SMILES string of the molecule is Cc1nc([C@H](C)n2cnc3sc4c(c3c2=O)CC[C@@H](NCc2ccc(F)c(F)c2)C4)cs1. The van der Waals surface area contributed by atoms with E-state index in [0.29, 0.717) is 12.1 Å². The molecule has 2 atom stereocenters. The number of aryl methyl sites for hydroxylation is 2. The molecule has 0 saturated carbocycles. The van der Waals surface area contributed by atoms with Crippen LogP contribution in [-0.4, -0.2) is 20.6 Å². The number of rotatable bonds is 5. The second-order valence-electron chi connectivity index (χ2n) is 8.18. The molecule has 0 bridgehead atoms. The van der Waals surface area contributed by atoms with Crippen LogP contribution in [0.4, 0.5) is 8.78 Å². The van der Waals surface area contributed by atoms with Crippen molar-refractivity contribution in [3.05, 3.63) is 78.6 Å². The van der Waals surface area contributed by atoms with Crippen molar-refractivity contribution in [1.29, 1.82) is 0 Å². The number of nitrogens with zero attached hydrogens (tertiary/aromatic N) is 3. The molecule has 5 rings (SSSR count). The standard InChI is InChI=1S/C23H22F2N4OS2/c1-12(19-10-31-13(2)28-19)29-11-27-22-21(23(29)30)16-5-4-15(8-20(16)32-22)26-9-14-3-6-17(24)18(25)7-14/h3,6-7,10-12,15,26H,4-5,8-9H2,1-2H3/t12-,15+/m0/s1. The maximum Gasteiger partial charge on any atom is 0.262 e. The fraction of sp³-hybridized carbons (Fsp3) is 0.348. The molecule has 0 amide bonds. The minimum Gasteiger partial charge on any atom is -0.310 e. The van der Waals surface area contributed by atoms with E-state index in [1.807, 2.05) is 19.2 Å². The first-order chi connectivity index (χ1) is 15.4. The van der Waals surface area contributed by atoms with Crippen molar-refractivity contribution in [2.45, 2.75) is 51.7 Å². The van der Waals surface area contributed by atoms with E-state index in [4.69, 9.17) is 0 Å². The van der Waals surface area contributed by atoms with Crippen molar-refractivity contribution in [2.24, 2.45) is 0 Å². The molecule has 0 unspecified atom stereocenters. The number of fused-ring (bicyclic) bond motifs is 3. The topological polar surface area (TPSA) is 59.8 Å². The summed E-state index contributed by atoms with van der Waals surface area (Å²) < 4.78 is 28.3. The number of halogens is 2. The van der Waals surface area contributed by atoms with E-state index in [1.165, 1.54) is 10.9 Å². The van der Waals surface area contributed by atoms with Gasteiger partial charge in [-0.3, -0.25) is 9.36 Å². The largest absolute Gasteiger partial charge is 0.310 e. The number of hydrogen-bond acceptors (Lipinski definition) is 6. The number of thiophene rings is 1. The molecule has 0 saturated heterocycles. The highest BCUT2D eigenvalue weighted by Gasteiger charge is 2.26. The first-order valence-corrected chi connectivity index (χ1v) is 12.2. The summed E-state index contributed by atoms with van der Waals surface area (Å²) in [5.74, 6) is -1.66. The molecular weight excluding hydrogens is 450 g/mol. The highest BCUT2D eigenvalue weighted by atomic mass is 32.1.